The normalized spacial score (nSPS) is 12.6. The van der Waals surface area contributed by atoms with Gasteiger partial charge in [0.05, 0.1) is 19.3 Å². The number of aryl methyl sites for hydroxylation is 1. The number of hydrogen-bond donors (Lipinski definition) is 1. The summed E-state index contributed by atoms with van der Waals surface area (Å²) in [4.78, 5) is 0. The molecule has 1 unspecified atom stereocenters. The summed E-state index contributed by atoms with van der Waals surface area (Å²) < 4.78 is 11.4. The van der Waals surface area contributed by atoms with Crippen molar-refractivity contribution in [1.29, 1.82) is 0 Å². The topological polar surface area (TPSA) is 30.5 Å². The van der Waals surface area contributed by atoms with Gasteiger partial charge in [0.1, 0.15) is 0 Å². The SMILES string of the molecule is CCCNCC(OCCOCCC)c1ccc(C)cc1. The van der Waals surface area contributed by atoms with Gasteiger partial charge in [0.2, 0.25) is 0 Å². The van der Waals surface area contributed by atoms with Gasteiger partial charge < -0.3 is 14.8 Å². The summed E-state index contributed by atoms with van der Waals surface area (Å²) in [5.41, 5.74) is 2.51. The van der Waals surface area contributed by atoms with Crippen LogP contribution in [-0.2, 0) is 9.47 Å². The number of nitrogens with one attached hydrogen (secondary N) is 1. The van der Waals surface area contributed by atoms with E-state index in [2.05, 4.69) is 50.4 Å². The van der Waals surface area contributed by atoms with E-state index in [4.69, 9.17) is 9.47 Å². The molecule has 1 aromatic carbocycles. The summed E-state index contributed by atoms with van der Waals surface area (Å²) in [5, 5.41) is 3.43. The molecule has 1 atom stereocenters. The second-order valence-electron chi connectivity index (χ2n) is 5.09. The highest BCUT2D eigenvalue weighted by molar-refractivity contribution is 5.23. The molecule has 1 N–H and O–H groups in total. The molecular weight excluding hydrogens is 250 g/mol. The Labute approximate surface area is 123 Å². The highest BCUT2D eigenvalue weighted by atomic mass is 16.5. The lowest BCUT2D eigenvalue weighted by Gasteiger charge is -2.19. The van der Waals surface area contributed by atoms with Crippen molar-refractivity contribution in [1.82, 2.24) is 5.32 Å². The van der Waals surface area contributed by atoms with Crippen molar-refractivity contribution < 1.29 is 9.47 Å². The molecule has 0 bridgehead atoms. The van der Waals surface area contributed by atoms with Crippen LogP contribution < -0.4 is 5.32 Å². The van der Waals surface area contributed by atoms with Crippen LogP contribution in [0.3, 0.4) is 0 Å². The van der Waals surface area contributed by atoms with Crippen molar-refractivity contribution in [3.63, 3.8) is 0 Å². The average Bonchev–Trinajstić information content (AvgIpc) is 2.46. The van der Waals surface area contributed by atoms with Gasteiger partial charge in [-0.25, -0.2) is 0 Å². The van der Waals surface area contributed by atoms with E-state index in [9.17, 15) is 0 Å². The fourth-order valence-corrected chi connectivity index (χ4v) is 1.96. The van der Waals surface area contributed by atoms with Gasteiger partial charge in [0.15, 0.2) is 0 Å². The molecule has 0 aromatic heterocycles. The number of ether oxygens (including phenoxy) is 2. The van der Waals surface area contributed by atoms with Gasteiger partial charge in [0, 0.05) is 13.2 Å². The first kappa shape index (κ1) is 17.2. The third-order valence-electron chi connectivity index (χ3n) is 3.10. The van der Waals surface area contributed by atoms with Crippen LogP contribution in [0.5, 0.6) is 0 Å². The minimum absolute atomic E-state index is 0.104. The largest absolute Gasteiger partial charge is 0.379 e. The van der Waals surface area contributed by atoms with Crippen LogP contribution in [0.4, 0.5) is 0 Å². The van der Waals surface area contributed by atoms with E-state index in [1.54, 1.807) is 0 Å². The van der Waals surface area contributed by atoms with Crippen molar-refractivity contribution in [2.24, 2.45) is 0 Å². The molecule has 20 heavy (non-hydrogen) atoms. The molecule has 0 aliphatic carbocycles. The molecule has 114 valence electrons. The quantitative estimate of drug-likeness (QED) is 0.629. The Kier molecular flexibility index (Phi) is 9.29. The van der Waals surface area contributed by atoms with Crippen molar-refractivity contribution in [2.45, 2.75) is 39.7 Å². The van der Waals surface area contributed by atoms with Crippen LogP contribution in [0, 0.1) is 6.92 Å². The summed E-state index contributed by atoms with van der Waals surface area (Å²) in [6.07, 6.45) is 2.30. The van der Waals surface area contributed by atoms with Crippen LogP contribution in [0.1, 0.15) is 43.9 Å². The molecule has 0 fully saturated rings. The Bertz CT molecular complexity index is 337. The van der Waals surface area contributed by atoms with E-state index >= 15 is 0 Å². The molecule has 3 nitrogen and oxygen atoms in total. The molecule has 0 aliphatic rings. The Morgan fingerprint density at radius 1 is 1.00 bits per heavy atom. The molecule has 0 heterocycles. The Hall–Kier alpha value is -0.900. The Morgan fingerprint density at radius 3 is 2.40 bits per heavy atom. The monoisotopic (exact) mass is 279 g/mol. The first-order valence-corrected chi connectivity index (χ1v) is 7.74. The molecule has 0 aliphatic heterocycles. The second kappa shape index (κ2) is 10.8. The van der Waals surface area contributed by atoms with Crippen LogP contribution in [0.15, 0.2) is 24.3 Å². The Balaban J connectivity index is 2.44. The van der Waals surface area contributed by atoms with Crippen molar-refractivity contribution in [3.05, 3.63) is 35.4 Å². The van der Waals surface area contributed by atoms with Gasteiger partial charge in [-0.3, -0.25) is 0 Å². The average molecular weight is 279 g/mol. The molecule has 1 aromatic rings. The highest BCUT2D eigenvalue weighted by Gasteiger charge is 2.11. The summed E-state index contributed by atoms with van der Waals surface area (Å²) in [5.74, 6) is 0. The predicted octanol–water partition coefficient (Wildman–Crippen LogP) is 3.48. The van der Waals surface area contributed by atoms with Gasteiger partial charge in [-0.15, -0.1) is 0 Å². The predicted molar refractivity (Wildman–Crippen MR) is 84.1 cm³/mol. The fraction of sp³-hybridized carbons (Fsp3) is 0.647. The van der Waals surface area contributed by atoms with E-state index < -0.39 is 0 Å². The van der Waals surface area contributed by atoms with Crippen LogP contribution >= 0.6 is 0 Å². The lowest BCUT2D eigenvalue weighted by atomic mass is 10.1. The number of hydrogen-bond acceptors (Lipinski definition) is 3. The molecule has 0 saturated carbocycles. The number of benzene rings is 1. The smallest absolute Gasteiger partial charge is 0.0950 e. The zero-order valence-electron chi connectivity index (χ0n) is 13.2. The second-order valence-corrected chi connectivity index (χ2v) is 5.09. The van der Waals surface area contributed by atoms with Gasteiger partial charge in [-0.2, -0.15) is 0 Å². The minimum Gasteiger partial charge on any atom is -0.379 e. The third-order valence-corrected chi connectivity index (χ3v) is 3.10. The van der Waals surface area contributed by atoms with E-state index in [0.717, 1.165) is 32.5 Å². The van der Waals surface area contributed by atoms with Crippen LogP contribution in [0.25, 0.3) is 0 Å². The van der Waals surface area contributed by atoms with Gasteiger partial charge in [0.25, 0.3) is 0 Å². The first-order chi connectivity index (χ1) is 9.77. The lowest BCUT2D eigenvalue weighted by molar-refractivity contribution is 0.00433. The summed E-state index contributed by atoms with van der Waals surface area (Å²) in [7, 11) is 0. The summed E-state index contributed by atoms with van der Waals surface area (Å²) in [6, 6.07) is 8.58. The van der Waals surface area contributed by atoms with E-state index in [1.165, 1.54) is 11.1 Å². The van der Waals surface area contributed by atoms with Crippen LogP contribution in [0.2, 0.25) is 0 Å². The van der Waals surface area contributed by atoms with Crippen molar-refractivity contribution in [3.8, 4) is 0 Å². The zero-order chi connectivity index (χ0) is 14.6. The molecule has 1 rings (SSSR count). The maximum atomic E-state index is 5.97. The fourth-order valence-electron chi connectivity index (χ4n) is 1.96. The molecular formula is C17H29NO2. The molecule has 0 spiro atoms. The number of rotatable bonds is 11. The maximum absolute atomic E-state index is 5.97. The summed E-state index contributed by atoms with van der Waals surface area (Å²) in [6.45, 7) is 10.4. The van der Waals surface area contributed by atoms with Gasteiger partial charge >= 0.3 is 0 Å². The maximum Gasteiger partial charge on any atom is 0.0950 e. The third kappa shape index (κ3) is 7.04. The van der Waals surface area contributed by atoms with E-state index in [-0.39, 0.29) is 6.10 Å². The van der Waals surface area contributed by atoms with Gasteiger partial charge in [-0.05, 0) is 31.9 Å². The first-order valence-electron chi connectivity index (χ1n) is 7.74. The standard InChI is InChI=1S/C17H29NO2/c1-4-10-18-14-17(20-13-12-19-11-5-2)16-8-6-15(3)7-9-16/h6-9,17-18H,4-5,10-14H2,1-3H3. The Morgan fingerprint density at radius 2 is 1.75 bits per heavy atom. The zero-order valence-corrected chi connectivity index (χ0v) is 13.2. The lowest BCUT2D eigenvalue weighted by Crippen LogP contribution is -2.25. The van der Waals surface area contributed by atoms with Crippen molar-refractivity contribution in [2.75, 3.05) is 32.9 Å². The van der Waals surface area contributed by atoms with E-state index in [1.807, 2.05) is 0 Å². The molecule has 0 amide bonds. The molecule has 0 radical (unpaired) electrons. The highest BCUT2D eigenvalue weighted by Crippen LogP contribution is 2.17. The van der Waals surface area contributed by atoms with E-state index in [0.29, 0.717) is 13.2 Å². The minimum atomic E-state index is 0.104. The summed E-state index contributed by atoms with van der Waals surface area (Å²) >= 11 is 0. The molecule has 0 saturated heterocycles. The van der Waals surface area contributed by atoms with Gasteiger partial charge in [-0.1, -0.05) is 43.7 Å². The molecule has 3 heteroatoms. The van der Waals surface area contributed by atoms with Crippen LogP contribution in [-0.4, -0.2) is 32.9 Å². The van der Waals surface area contributed by atoms with Crippen molar-refractivity contribution >= 4 is 0 Å².